The lowest BCUT2D eigenvalue weighted by Crippen LogP contribution is -2.56. The zero-order chi connectivity index (χ0) is 28.6. The minimum atomic E-state index is -0.869. The Morgan fingerprint density at radius 1 is 1.12 bits per heavy atom. The highest BCUT2D eigenvalue weighted by atomic mass is 35.5. The molecule has 2 aliphatic rings. The summed E-state index contributed by atoms with van der Waals surface area (Å²) in [7, 11) is 3.24. The van der Waals surface area contributed by atoms with Gasteiger partial charge in [-0.3, -0.25) is 9.69 Å². The second-order valence-electron chi connectivity index (χ2n) is 9.96. The van der Waals surface area contributed by atoms with Gasteiger partial charge in [0.2, 0.25) is 0 Å². The molecule has 2 unspecified atom stereocenters. The van der Waals surface area contributed by atoms with Gasteiger partial charge >= 0.3 is 12.2 Å². The minimum Gasteiger partial charge on any atom is -0.496 e. The molecule has 11 nitrogen and oxygen atoms in total. The quantitative estimate of drug-likeness (QED) is 0.279. The van der Waals surface area contributed by atoms with Gasteiger partial charge in [-0.05, 0) is 37.5 Å². The molecule has 2 fully saturated rings. The molecule has 3 N–H and O–H groups in total. The number of hydrogen-bond donors (Lipinski definition) is 2. The highest BCUT2D eigenvalue weighted by molar-refractivity contribution is 6.33. The zero-order valence-electron chi connectivity index (χ0n) is 22.8. The maximum atomic E-state index is 13.3. The number of ether oxygens (including phenoxy) is 3. The van der Waals surface area contributed by atoms with Crippen molar-refractivity contribution in [3.63, 3.8) is 0 Å². The van der Waals surface area contributed by atoms with Crippen molar-refractivity contribution < 1.29 is 28.6 Å². The summed E-state index contributed by atoms with van der Waals surface area (Å²) in [5.41, 5.74) is 6.37. The van der Waals surface area contributed by atoms with Crippen molar-refractivity contribution in [1.29, 1.82) is 0 Å². The summed E-state index contributed by atoms with van der Waals surface area (Å²) in [6.07, 6.45) is 0.996. The first-order valence-electron chi connectivity index (χ1n) is 13.3. The lowest BCUT2D eigenvalue weighted by Gasteiger charge is -2.38. The third-order valence-corrected chi connectivity index (χ3v) is 7.50. The van der Waals surface area contributed by atoms with Gasteiger partial charge in [0.1, 0.15) is 17.6 Å². The van der Waals surface area contributed by atoms with Crippen LogP contribution in [0, 0.1) is 0 Å². The number of carbonyl (C=O) groups is 3. The first-order valence-corrected chi connectivity index (χ1v) is 13.7. The molecule has 0 radical (unpaired) electrons. The van der Waals surface area contributed by atoms with Crippen LogP contribution in [0.2, 0.25) is 5.02 Å². The Labute approximate surface area is 239 Å². The predicted octanol–water partition coefficient (Wildman–Crippen LogP) is 3.47. The van der Waals surface area contributed by atoms with Gasteiger partial charge in [0.15, 0.2) is 0 Å². The summed E-state index contributed by atoms with van der Waals surface area (Å²) in [6.45, 7) is 3.67. The normalized spacial score (nSPS) is 19.1. The van der Waals surface area contributed by atoms with Crippen LogP contribution >= 0.6 is 11.6 Å². The standard InChI is InChI=1S/C28H36ClN5O6/c1-32(27(36)34-11-6-7-12-34)14-15-33-13-10-23(25(18-33)40-28(37)39-19-8-4-3-5-9-19)31-26(35)20-16-21(29)22(30)17-24(20)38-2/h3-5,8-9,16-17,23,25H,6-7,10-15,18,30H2,1-2H3,(H,31,35). The number of hydrogen-bond acceptors (Lipinski definition) is 8. The average molecular weight is 574 g/mol. The summed E-state index contributed by atoms with van der Waals surface area (Å²) in [5, 5.41) is 3.20. The van der Waals surface area contributed by atoms with Crippen molar-refractivity contribution in [1.82, 2.24) is 20.0 Å². The summed E-state index contributed by atoms with van der Waals surface area (Å²) in [5.74, 6) is 0.200. The van der Waals surface area contributed by atoms with E-state index in [1.54, 1.807) is 36.2 Å². The maximum absolute atomic E-state index is 13.3. The highest BCUT2D eigenvalue weighted by Gasteiger charge is 2.35. The molecule has 216 valence electrons. The summed E-state index contributed by atoms with van der Waals surface area (Å²) in [4.78, 5) is 44.3. The van der Waals surface area contributed by atoms with Crippen molar-refractivity contribution in [2.24, 2.45) is 0 Å². The van der Waals surface area contributed by atoms with Crippen LogP contribution in [0.15, 0.2) is 42.5 Å². The molecule has 0 spiro atoms. The number of likely N-dealkylation sites (tertiary alicyclic amines) is 2. The number of carbonyl (C=O) groups excluding carboxylic acids is 3. The number of para-hydroxylation sites is 1. The molecular formula is C28H36ClN5O6. The Balaban J connectivity index is 1.42. The number of rotatable bonds is 8. The Morgan fingerprint density at radius 2 is 1.85 bits per heavy atom. The first kappa shape index (κ1) is 29.3. The van der Waals surface area contributed by atoms with Gasteiger partial charge in [-0.1, -0.05) is 29.8 Å². The van der Waals surface area contributed by atoms with Crippen molar-refractivity contribution in [2.75, 3.05) is 59.2 Å². The number of nitrogens with one attached hydrogen (secondary N) is 1. The summed E-state index contributed by atoms with van der Waals surface area (Å²) in [6, 6.07) is 11.1. The molecule has 2 aromatic carbocycles. The van der Waals surface area contributed by atoms with E-state index in [0.29, 0.717) is 44.0 Å². The molecule has 3 amide bonds. The van der Waals surface area contributed by atoms with Crippen LogP contribution < -0.4 is 20.5 Å². The van der Waals surface area contributed by atoms with E-state index in [9.17, 15) is 14.4 Å². The van der Waals surface area contributed by atoms with Gasteiger partial charge in [0.05, 0.1) is 29.4 Å². The summed E-state index contributed by atoms with van der Waals surface area (Å²) < 4.78 is 16.4. The molecule has 2 aromatic rings. The second kappa shape index (κ2) is 13.6. The molecule has 40 heavy (non-hydrogen) atoms. The average Bonchev–Trinajstić information content (AvgIpc) is 3.49. The van der Waals surface area contributed by atoms with Gasteiger partial charge in [-0.15, -0.1) is 0 Å². The fourth-order valence-electron chi connectivity index (χ4n) is 4.90. The maximum Gasteiger partial charge on any atom is 0.514 e. The Hall–Kier alpha value is -3.70. The first-order chi connectivity index (χ1) is 19.2. The van der Waals surface area contributed by atoms with Crippen LogP contribution in [0.5, 0.6) is 11.5 Å². The third kappa shape index (κ3) is 7.48. The molecule has 2 heterocycles. The SMILES string of the molecule is COc1cc(N)c(Cl)cc1C(=O)NC1CCN(CCN(C)C(=O)N2CCCC2)CC1OC(=O)Oc1ccccc1. The van der Waals surface area contributed by atoms with Crippen molar-refractivity contribution in [3.8, 4) is 11.5 Å². The lowest BCUT2D eigenvalue weighted by atomic mass is 10.0. The number of halogens is 1. The largest absolute Gasteiger partial charge is 0.514 e. The zero-order valence-corrected chi connectivity index (χ0v) is 23.6. The number of anilines is 1. The van der Waals surface area contributed by atoms with E-state index in [1.807, 2.05) is 11.0 Å². The van der Waals surface area contributed by atoms with E-state index in [2.05, 4.69) is 10.2 Å². The van der Waals surface area contributed by atoms with E-state index in [-0.39, 0.29) is 22.4 Å². The molecule has 2 atom stereocenters. The third-order valence-electron chi connectivity index (χ3n) is 7.17. The Morgan fingerprint density at radius 3 is 2.55 bits per heavy atom. The predicted molar refractivity (Wildman–Crippen MR) is 151 cm³/mol. The number of benzene rings is 2. The molecule has 2 saturated heterocycles. The van der Waals surface area contributed by atoms with Crippen LogP contribution in [0.25, 0.3) is 0 Å². The molecule has 2 aliphatic heterocycles. The van der Waals surface area contributed by atoms with Gasteiger partial charge < -0.3 is 35.1 Å². The molecule has 0 aromatic heterocycles. The van der Waals surface area contributed by atoms with Crippen LogP contribution in [0.4, 0.5) is 15.3 Å². The van der Waals surface area contributed by atoms with E-state index in [1.165, 1.54) is 19.2 Å². The monoisotopic (exact) mass is 573 g/mol. The van der Waals surface area contributed by atoms with Gasteiger partial charge in [0, 0.05) is 52.4 Å². The number of likely N-dealkylation sites (N-methyl/N-ethyl adjacent to an activating group) is 1. The smallest absolute Gasteiger partial charge is 0.496 e. The molecule has 0 aliphatic carbocycles. The van der Waals surface area contributed by atoms with Crippen molar-refractivity contribution >= 4 is 35.4 Å². The van der Waals surface area contributed by atoms with Gasteiger partial charge in [-0.25, -0.2) is 9.59 Å². The van der Waals surface area contributed by atoms with Crippen LogP contribution in [0.1, 0.15) is 29.6 Å². The Kier molecular flexibility index (Phi) is 9.94. The van der Waals surface area contributed by atoms with Crippen LogP contribution in [-0.4, -0.2) is 98.4 Å². The number of piperidine rings is 1. The minimum absolute atomic E-state index is 0.0231. The topological polar surface area (TPSA) is 127 Å². The summed E-state index contributed by atoms with van der Waals surface area (Å²) >= 11 is 6.16. The number of methoxy groups -OCH3 is 1. The number of urea groups is 1. The van der Waals surface area contributed by atoms with Crippen LogP contribution in [0.3, 0.4) is 0 Å². The van der Waals surface area contributed by atoms with E-state index in [0.717, 1.165) is 25.9 Å². The number of nitrogen functional groups attached to an aromatic ring is 1. The lowest BCUT2D eigenvalue weighted by molar-refractivity contribution is -0.00151. The number of nitrogens with two attached hydrogens (primary N) is 1. The van der Waals surface area contributed by atoms with Crippen LogP contribution in [-0.2, 0) is 4.74 Å². The van der Waals surface area contributed by atoms with E-state index in [4.69, 9.17) is 31.5 Å². The van der Waals surface area contributed by atoms with Gasteiger partial charge in [-0.2, -0.15) is 0 Å². The van der Waals surface area contributed by atoms with Crippen molar-refractivity contribution in [3.05, 3.63) is 53.1 Å². The van der Waals surface area contributed by atoms with E-state index < -0.39 is 24.2 Å². The van der Waals surface area contributed by atoms with E-state index >= 15 is 0 Å². The number of amides is 3. The Bertz CT molecular complexity index is 1190. The van der Waals surface area contributed by atoms with Gasteiger partial charge in [0.25, 0.3) is 5.91 Å². The number of nitrogens with zero attached hydrogens (tertiary/aromatic N) is 3. The second-order valence-corrected chi connectivity index (χ2v) is 10.4. The molecule has 4 rings (SSSR count). The molecule has 0 bridgehead atoms. The molecule has 12 heteroatoms. The van der Waals surface area contributed by atoms with Crippen molar-refractivity contribution in [2.45, 2.75) is 31.4 Å². The fourth-order valence-corrected chi connectivity index (χ4v) is 5.06. The molecular weight excluding hydrogens is 538 g/mol. The highest BCUT2D eigenvalue weighted by Crippen LogP contribution is 2.29. The molecule has 0 saturated carbocycles. The fraction of sp³-hybridized carbons (Fsp3) is 0.464.